The van der Waals surface area contributed by atoms with E-state index in [1.807, 2.05) is 6.07 Å². The van der Waals surface area contributed by atoms with Gasteiger partial charge in [0, 0.05) is 12.4 Å². The SMILES string of the molecule is C[C@H](NC(=O)COC(=O)c1ccc(-n2cccn2)cc1)c1ccco1. The highest BCUT2D eigenvalue weighted by atomic mass is 16.5. The fourth-order valence-corrected chi connectivity index (χ4v) is 2.28. The van der Waals surface area contributed by atoms with Gasteiger partial charge in [-0.05, 0) is 49.4 Å². The zero-order valence-corrected chi connectivity index (χ0v) is 13.6. The molecule has 25 heavy (non-hydrogen) atoms. The molecule has 3 aromatic rings. The van der Waals surface area contributed by atoms with Gasteiger partial charge in [0.2, 0.25) is 0 Å². The number of hydrogen-bond acceptors (Lipinski definition) is 5. The third-order valence-corrected chi connectivity index (χ3v) is 3.55. The number of esters is 1. The smallest absolute Gasteiger partial charge is 0.338 e. The third-order valence-electron chi connectivity index (χ3n) is 3.55. The number of carbonyl (C=O) groups is 2. The molecule has 128 valence electrons. The van der Waals surface area contributed by atoms with Crippen molar-refractivity contribution in [2.24, 2.45) is 0 Å². The van der Waals surface area contributed by atoms with Crippen molar-refractivity contribution in [2.75, 3.05) is 6.61 Å². The van der Waals surface area contributed by atoms with Crippen LogP contribution in [-0.4, -0.2) is 28.3 Å². The highest BCUT2D eigenvalue weighted by molar-refractivity contribution is 5.91. The lowest BCUT2D eigenvalue weighted by Gasteiger charge is -2.11. The Bertz CT molecular complexity index is 824. The van der Waals surface area contributed by atoms with Crippen molar-refractivity contribution in [3.8, 4) is 5.69 Å². The van der Waals surface area contributed by atoms with Crippen molar-refractivity contribution in [3.63, 3.8) is 0 Å². The standard InChI is InChI=1S/C18H17N3O4/c1-13(16-4-2-11-24-16)20-17(22)12-25-18(23)14-5-7-15(8-6-14)21-10-3-9-19-21/h2-11,13H,12H2,1H3,(H,20,22)/t13-/m0/s1. The van der Waals surface area contributed by atoms with Crippen LogP contribution in [0.1, 0.15) is 29.1 Å². The second-order valence-corrected chi connectivity index (χ2v) is 5.38. The minimum atomic E-state index is -0.562. The van der Waals surface area contributed by atoms with Crippen LogP contribution in [0, 0.1) is 0 Å². The maximum atomic E-state index is 12.0. The number of hydrogen-bond donors (Lipinski definition) is 1. The molecule has 0 bridgehead atoms. The molecule has 1 atom stereocenters. The summed E-state index contributed by atoms with van der Waals surface area (Å²) in [4.78, 5) is 23.9. The molecule has 0 radical (unpaired) electrons. The van der Waals surface area contributed by atoms with Gasteiger partial charge >= 0.3 is 5.97 Å². The summed E-state index contributed by atoms with van der Waals surface area (Å²) in [6.07, 6.45) is 5.01. The number of furan rings is 1. The molecule has 0 saturated carbocycles. The average molecular weight is 339 g/mol. The van der Waals surface area contributed by atoms with Crippen LogP contribution in [-0.2, 0) is 9.53 Å². The monoisotopic (exact) mass is 339 g/mol. The van der Waals surface area contributed by atoms with Gasteiger partial charge in [0.1, 0.15) is 5.76 Å². The van der Waals surface area contributed by atoms with Gasteiger partial charge in [-0.3, -0.25) is 4.79 Å². The van der Waals surface area contributed by atoms with E-state index in [0.29, 0.717) is 11.3 Å². The first-order valence-electron chi connectivity index (χ1n) is 7.73. The van der Waals surface area contributed by atoms with Gasteiger partial charge in [0.05, 0.1) is 23.6 Å². The molecule has 1 aromatic carbocycles. The van der Waals surface area contributed by atoms with Crippen LogP contribution < -0.4 is 5.32 Å². The van der Waals surface area contributed by atoms with Crippen LogP contribution in [0.4, 0.5) is 0 Å². The molecule has 0 fully saturated rings. The summed E-state index contributed by atoms with van der Waals surface area (Å²) in [6.45, 7) is 1.43. The largest absolute Gasteiger partial charge is 0.467 e. The maximum Gasteiger partial charge on any atom is 0.338 e. The summed E-state index contributed by atoms with van der Waals surface area (Å²) in [6, 6.07) is 11.8. The molecular formula is C18H17N3O4. The molecular weight excluding hydrogens is 322 g/mol. The van der Waals surface area contributed by atoms with Crippen LogP contribution in [0.15, 0.2) is 65.5 Å². The molecule has 0 aliphatic rings. The number of carbonyl (C=O) groups excluding carboxylic acids is 2. The second-order valence-electron chi connectivity index (χ2n) is 5.38. The molecule has 0 aliphatic carbocycles. The van der Waals surface area contributed by atoms with Gasteiger partial charge in [-0.15, -0.1) is 0 Å². The van der Waals surface area contributed by atoms with Crippen molar-refractivity contribution in [2.45, 2.75) is 13.0 Å². The van der Waals surface area contributed by atoms with Crippen LogP contribution in [0.3, 0.4) is 0 Å². The van der Waals surface area contributed by atoms with Gasteiger partial charge in [-0.2, -0.15) is 5.10 Å². The predicted octanol–water partition coefficient (Wildman–Crippen LogP) is 2.50. The molecule has 3 rings (SSSR count). The summed E-state index contributed by atoms with van der Waals surface area (Å²) >= 11 is 0. The number of aromatic nitrogens is 2. The number of ether oxygens (including phenoxy) is 1. The molecule has 1 amide bonds. The Morgan fingerprint density at radius 2 is 2.04 bits per heavy atom. The lowest BCUT2D eigenvalue weighted by atomic mass is 10.2. The van der Waals surface area contributed by atoms with Gasteiger partial charge < -0.3 is 14.5 Å². The Hall–Kier alpha value is -3.35. The Balaban J connectivity index is 1.51. The maximum absolute atomic E-state index is 12.0. The number of benzene rings is 1. The van der Waals surface area contributed by atoms with Crippen molar-refractivity contribution in [1.29, 1.82) is 0 Å². The first-order valence-corrected chi connectivity index (χ1v) is 7.73. The molecule has 2 heterocycles. The Morgan fingerprint density at radius 3 is 2.68 bits per heavy atom. The van der Waals surface area contributed by atoms with Crippen molar-refractivity contribution >= 4 is 11.9 Å². The predicted molar refractivity (Wildman–Crippen MR) is 89.1 cm³/mol. The van der Waals surface area contributed by atoms with E-state index in [0.717, 1.165) is 5.69 Å². The van der Waals surface area contributed by atoms with E-state index in [4.69, 9.17) is 9.15 Å². The second kappa shape index (κ2) is 7.48. The lowest BCUT2D eigenvalue weighted by molar-refractivity contribution is -0.125. The summed E-state index contributed by atoms with van der Waals surface area (Å²) < 4.78 is 11.9. The number of rotatable bonds is 6. The first-order chi connectivity index (χ1) is 12.1. The minimum Gasteiger partial charge on any atom is -0.467 e. The molecule has 7 nitrogen and oxygen atoms in total. The van der Waals surface area contributed by atoms with Gasteiger partial charge in [0.15, 0.2) is 6.61 Å². The zero-order valence-electron chi connectivity index (χ0n) is 13.6. The van der Waals surface area contributed by atoms with E-state index < -0.39 is 11.9 Å². The van der Waals surface area contributed by atoms with E-state index in [1.54, 1.807) is 60.4 Å². The van der Waals surface area contributed by atoms with E-state index in [1.165, 1.54) is 6.26 Å². The number of amides is 1. The van der Waals surface area contributed by atoms with Gasteiger partial charge in [-0.1, -0.05) is 0 Å². The van der Waals surface area contributed by atoms with Crippen molar-refractivity contribution in [3.05, 3.63) is 72.4 Å². The van der Waals surface area contributed by atoms with Gasteiger partial charge in [0.25, 0.3) is 5.91 Å². The molecule has 0 saturated heterocycles. The van der Waals surface area contributed by atoms with E-state index in [-0.39, 0.29) is 12.6 Å². The number of nitrogens with one attached hydrogen (secondary N) is 1. The highest BCUT2D eigenvalue weighted by Gasteiger charge is 2.14. The zero-order chi connectivity index (χ0) is 17.6. The Morgan fingerprint density at radius 1 is 1.24 bits per heavy atom. The summed E-state index contributed by atoms with van der Waals surface area (Å²) in [7, 11) is 0. The molecule has 0 unspecified atom stereocenters. The Labute approximate surface area is 144 Å². The normalized spacial score (nSPS) is 11.7. The van der Waals surface area contributed by atoms with E-state index >= 15 is 0 Å². The van der Waals surface area contributed by atoms with Crippen LogP contribution in [0.5, 0.6) is 0 Å². The lowest BCUT2D eigenvalue weighted by Crippen LogP contribution is -2.30. The topological polar surface area (TPSA) is 86.4 Å². The number of nitrogens with zero attached hydrogens (tertiary/aromatic N) is 2. The van der Waals surface area contributed by atoms with Crippen molar-refractivity contribution < 1.29 is 18.7 Å². The third kappa shape index (κ3) is 4.14. The quantitative estimate of drug-likeness (QED) is 0.697. The molecule has 0 aliphatic heterocycles. The Kier molecular flexibility index (Phi) is 4.94. The summed E-state index contributed by atoms with van der Waals surface area (Å²) in [5.41, 5.74) is 1.19. The summed E-state index contributed by atoms with van der Waals surface area (Å²) in [5, 5.41) is 6.80. The molecule has 7 heteroatoms. The first kappa shape index (κ1) is 16.5. The van der Waals surface area contributed by atoms with Crippen molar-refractivity contribution in [1.82, 2.24) is 15.1 Å². The van der Waals surface area contributed by atoms with Crippen LogP contribution >= 0.6 is 0 Å². The van der Waals surface area contributed by atoms with Crippen LogP contribution in [0.25, 0.3) is 5.69 Å². The minimum absolute atomic E-state index is 0.297. The average Bonchev–Trinajstić information content (AvgIpc) is 3.33. The van der Waals surface area contributed by atoms with Gasteiger partial charge in [-0.25, -0.2) is 9.48 Å². The molecule has 1 N–H and O–H groups in total. The fraction of sp³-hybridized carbons (Fsp3) is 0.167. The fourth-order valence-electron chi connectivity index (χ4n) is 2.28. The van der Waals surface area contributed by atoms with E-state index in [2.05, 4.69) is 10.4 Å². The molecule has 0 spiro atoms. The van der Waals surface area contributed by atoms with E-state index in [9.17, 15) is 9.59 Å². The molecule has 2 aromatic heterocycles. The highest BCUT2D eigenvalue weighted by Crippen LogP contribution is 2.12. The summed E-state index contributed by atoms with van der Waals surface area (Å²) in [5.74, 6) is -0.327. The van der Waals surface area contributed by atoms with Crippen LogP contribution in [0.2, 0.25) is 0 Å².